The topological polar surface area (TPSA) is 87.1 Å². The van der Waals surface area contributed by atoms with E-state index in [-0.39, 0.29) is 48.7 Å². The van der Waals surface area contributed by atoms with Gasteiger partial charge < -0.3 is 19.6 Å². The van der Waals surface area contributed by atoms with E-state index in [4.69, 9.17) is 4.74 Å². The molecule has 3 unspecified atom stereocenters. The number of ether oxygens (including phenoxy) is 1. The summed E-state index contributed by atoms with van der Waals surface area (Å²) in [5, 5.41) is 12.6. The van der Waals surface area contributed by atoms with Crippen LogP contribution in [-0.2, 0) is 19.1 Å². The second-order valence-electron chi connectivity index (χ2n) is 11.6. The van der Waals surface area contributed by atoms with Crippen molar-refractivity contribution in [1.29, 1.82) is 0 Å². The van der Waals surface area contributed by atoms with Crippen LogP contribution in [-0.4, -0.2) is 69.6 Å². The number of hydrogen-bond donors (Lipinski definition) is 1. The van der Waals surface area contributed by atoms with E-state index in [2.05, 4.69) is 20.1 Å². The number of thioether (sulfide) groups is 1. The molecule has 1 N–H and O–H groups in total. The monoisotopic (exact) mass is 576 g/mol. The smallest absolute Gasteiger partial charge is 0.311 e. The van der Waals surface area contributed by atoms with Gasteiger partial charge in [0.25, 0.3) is 5.91 Å². The number of nitrogens with zero attached hydrogens (tertiary/aromatic N) is 2. The maximum absolute atomic E-state index is 14.9. The average molecular weight is 577 g/mol. The number of aliphatic hydroxyl groups excluding tert-OH is 1. The van der Waals surface area contributed by atoms with Gasteiger partial charge >= 0.3 is 5.97 Å². The molecule has 7 nitrogen and oxygen atoms in total. The minimum absolute atomic E-state index is 0.00677. The van der Waals surface area contributed by atoms with Crippen LogP contribution in [0.4, 0.5) is 5.69 Å². The number of carbonyl (C=O) groups excluding carboxylic acids is 3. The number of hydrogen-bond acceptors (Lipinski definition) is 6. The van der Waals surface area contributed by atoms with Crippen molar-refractivity contribution in [3.05, 3.63) is 67.8 Å². The number of esters is 1. The Balaban J connectivity index is 1.64. The van der Waals surface area contributed by atoms with Crippen LogP contribution < -0.4 is 4.90 Å². The van der Waals surface area contributed by atoms with Crippen LogP contribution in [0.2, 0.25) is 0 Å². The molecule has 3 aliphatic rings. The van der Waals surface area contributed by atoms with Crippen molar-refractivity contribution < 1.29 is 24.2 Å². The van der Waals surface area contributed by atoms with E-state index in [9.17, 15) is 19.5 Å². The second kappa shape index (κ2) is 11.6. The number of rotatable bonds is 11. The quantitative estimate of drug-likeness (QED) is 0.305. The molecule has 3 aliphatic heterocycles. The molecule has 3 heterocycles. The molecule has 218 valence electrons. The molecule has 0 aliphatic carbocycles. The van der Waals surface area contributed by atoms with Gasteiger partial charge in [0.1, 0.15) is 12.6 Å². The summed E-state index contributed by atoms with van der Waals surface area (Å²) in [7, 11) is 0. The van der Waals surface area contributed by atoms with Crippen LogP contribution in [0.3, 0.4) is 0 Å². The van der Waals surface area contributed by atoms with Crippen LogP contribution in [0.1, 0.15) is 33.6 Å². The van der Waals surface area contributed by atoms with Crippen molar-refractivity contribution in [1.82, 2.24) is 4.90 Å². The molecular weight excluding hydrogens is 536 g/mol. The summed E-state index contributed by atoms with van der Waals surface area (Å²) in [4.78, 5) is 46.2. The van der Waals surface area contributed by atoms with E-state index in [0.717, 1.165) is 22.9 Å². The maximum atomic E-state index is 14.9. The standard InChI is InChI=1S/C33H40N2O5S/c1-6-15-34(24-14-13-22-11-9-10-12-23(22)18-24)31(38)29-33-21(5)17-26(41-33)27(32(39)40-16-7-2)28(33)30(37)35(29)25(19-36)20(4)8-3/h6-7,9-14,18,20-21,25-29,36H,1-2,8,15-17,19H2,3-5H3/t20-,21?,25-,26+,27-,28-,29?,33?/m0/s1. The third-order valence-corrected chi connectivity index (χ3v) is 11.6. The summed E-state index contributed by atoms with van der Waals surface area (Å²) in [5.41, 5.74) is 0.720. The van der Waals surface area contributed by atoms with Crippen molar-refractivity contribution in [3.63, 3.8) is 0 Å². The number of amides is 2. The summed E-state index contributed by atoms with van der Waals surface area (Å²) < 4.78 is 4.69. The van der Waals surface area contributed by atoms with Gasteiger partial charge in [-0.15, -0.1) is 18.3 Å². The summed E-state index contributed by atoms with van der Waals surface area (Å²) in [6.07, 6.45) is 4.65. The SMILES string of the molecule is C=CCOC(=O)[C@@H]1[C@H]2C(=O)N([C@@H](CO)[C@@H](C)CC)C(C(=O)N(CC=C)c3ccc4ccccc4c3)C23S[C@@H]1CC3C. The zero-order valence-electron chi connectivity index (χ0n) is 24.1. The van der Waals surface area contributed by atoms with E-state index in [1.165, 1.54) is 6.08 Å². The Kier molecular flexibility index (Phi) is 8.35. The third-order valence-electron chi connectivity index (χ3n) is 9.50. The normalized spacial score (nSPS) is 29.7. The molecule has 3 saturated heterocycles. The van der Waals surface area contributed by atoms with Crippen LogP contribution in [0, 0.1) is 23.7 Å². The Morgan fingerprint density at radius 1 is 1.22 bits per heavy atom. The zero-order chi connectivity index (χ0) is 29.5. The molecule has 2 amide bonds. The zero-order valence-corrected chi connectivity index (χ0v) is 24.9. The lowest BCUT2D eigenvalue weighted by Gasteiger charge is -2.43. The Morgan fingerprint density at radius 2 is 1.95 bits per heavy atom. The number of fused-ring (bicyclic) bond motifs is 2. The van der Waals surface area contributed by atoms with Gasteiger partial charge in [-0.3, -0.25) is 14.4 Å². The first-order chi connectivity index (χ1) is 19.7. The van der Waals surface area contributed by atoms with Gasteiger partial charge in [0.2, 0.25) is 5.91 Å². The van der Waals surface area contributed by atoms with Gasteiger partial charge in [0, 0.05) is 17.5 Å². The van der Waals surface area contributed by atoms with E-state index in [0.29, 0.717) is 6.42 Å². The van der Waals surface area contributed by atoms with Gasteiger partial charge in [-0.1, -0.05) is 76.3 Å². The molecule has 2 aromatic carbocycles. The van der Waals surface area contributed by atoms with Crippen LogP contribution in [0.25, 0.3) is 10.8 Å². The van der Waals surface area contributed by atoms with Crippen molar-refractivity contribution >= 4 is 46.0 Å². The average Bonchev–Trinajstić information content (AvgIpc) is 3.58. The summed E-state index contributed by atoms with van der Waals surface area (Å²) in [6, 6.07) is 12.5. The Hall–Kier alpha value is -3.10. The fraction of sp³-hybridized carbons (Fsp3) is 0.485. The van der Waals surface area contributed by atoms with Crippen molar-refractivity contribution in [2.75, 3.05) is 24.7 Å². The molecule has 5 rings (SSSR count). The lowest BCUT2D eigenvalue weighted by molar-refractivity contribution is -0.154. The minimum Gasteiger partial charge on any atom is -0.461 e. The molecule has 2 bridgehead atoms. The number of aliphatic hydroxyl groups is 1. The molecule has 8 atom stereocenters. The highest BCUT2D eigenvalue weighted by Gasteiger charge is 2.77. The molecule has 41 heavy (non-hydrogen) atoms. The van der Waals surface area contributed by atoms with Gasteiger partial charge in [0.05, 0.1) is 29.2 Å². The van der Waals surface area contributed by atoms with Gasteiger partial charge in [-0.05, 0) is 41.2 Å². The predicted molar refractivity (Wildman–Crippen MR) is 163 cm³/mol. The molecule has 2 aromatic rings. The van der Waals surface area contributed by atoms with E-state index >= 15 is 0 Å². The molecule has 0 aromatic heterocycles. The Morgan fingerprint density at radius 3 is 2.61 bits per heavy atom. The lowest BCUT2D eigenvalue weighted by atomic mass is 9.66. The van der Waals surface area contributed by atoms with Crippen LogP contribution in [0.15, 0.2) is 67.8 Å². The van der Waals surface area contributed by atoms with E-state index in [1.807, 2.05) is 56.3 Å². The summed E-state index contributed by atoms with van der Waals surface area (Å²) in [5.74, 6) is -2.25. The van der Waals surface area contributed by atoms with E-state index < -0.39 is 34.6 Å². The van der Waals surface area contributed by atoms with Crippen molar-refractivity contribution in [2.24, 2.45) is 23.7 Å². The van der Waals surface area contributed by atoms with Gasteiger partial charge in [-0.2, -0.15) is 0 Å². The second-order valence-corrected chi connectivity index (χ2v) is 13.2. The molecule has 8 heteroatoms. The summed E-state index contributed by atoms with van der Waals surface area (Å²) >= 11 is 1.61. The van der Waals surface area contributed by atoms with Crippen LogP contribution >= 0.6 is 11.8 Å². The molecule has 0 saturated carbocycles. The molecule has 0 radical (unpaired) electrons. The Labute approximate surface area is 246 Å². The Bertz CT molecular complexity index is 1360. The van der Waals surface area contributed by atoms with E-state index in [1.54, 1.807) is 27.6 Å². The van der Waals surface area contributed by atoms with Crippen molar-refractivity contribution in [3.8, 4) is 0 Å². The highest BCUT2D eigenvalue weighted by Crippen LogP contribution is 2.69. The molecule has 3 fully saturated rings. The number of benzene rings is 2. The number of likely N-dealkylation sites (tertiary alicyclic amines) is 1. The van der Waals surface area contributed by atoms with Crippen molar-refractivity contribution in [2.45, 2.75) is 55.7 Å². The first kappa shape index (κ1) is 29.4. The van der Waals surface area contributed by atoms with Crippen LogP contribution in [0.5, 0.6) is 0 Å². The predicted octanol–water partition coefficient (Wildman–Crippen LogP) is 4.83. The molecule has 1 spiro atoms. The third kappa shape index (κ3) is 4.59. The fourth-order valence-corrected chi connectivity index (χ4v) is 9.75. The number of carbonyl (C=O) groups is 3. The highest BCUT2D eigenvalue weighted by atomic mass is 32.2. The fourth-order valence-electron chi connectivity index (χ4n) is 7.36. The first-order valence-electron chi connectivity index (χ1n) is 14.5. The number of anilines is 1. The van der Waals surface area contributed by atoms with Gasteiger partial charge in [0.15, 0.2) is 0 Å². The van der Waals surface area contributed by atoms with Gasteiger partial charge in [-0.25, -0.2) is 0 Å². The first-order valence-corrected chi connectivity index (χ1v) is 15.4. The summed E-state index contributed by atoms with van der Waals surface area (Å²) in [6.45, 7) is 13.7. The minimum atomic E-state index is -0.847. The lowest BCUT2D eigenvalue weighted by Crippen LogP contribution is -2.60. The highest BCUT2D eigenvalue weighted by molar-refractivity contribution is 8.02. The molecular formula is C33H40N2O5S. The maximum Gasteiger partial charge on any atom is 0.311 e. The largest absolute Gasteiger partial charge is 0.461 e.